The van der Waals surface area contributed by atoms with E-state index in [0.717, 1.165) is 32.6 Å². The summed E-state index contributed by atoms with van der Waals surface area (Å²) < 4.78 is 4.40. The fourth-order valence-electron chi connectivity index (χ4n) is 4.12. The van der Waals surface area contributed by atoms with Crippen LogP contribution in [-0.2, 0) is 13.0 Å². The number of benzene rings is 3. The number of terminal acetylenes is 1. The third-order valence-corrected chi connectivity index (χ3v) is 5.93. The molecule has 0 aliphatic heterocycles. The summed E-state index contributed by atoms with van der Waals surface area (Å²) >= 11 is 0. The van der Waals surface area contributed by atoms with Crippen LogP contribution in [0.1, 0.15) is 28.0 Å². The van der Waals surface area contributed by atoms with E-state index in [4.69, 9.17) is 6.42 Å². The Morgan fingerprint density at radius 2 is 1.69 bits per heavy atom. The van der Waals surface area contributed by atoms with Gasteiger partial charge in [0.2, 0.25) is 0 Å². The van der Waals surface area contributed by atoms with Crippen molar-refractivity contribution in [3.05, 3.63) is 119 Å². The highest BCUT2D eigenvalue weighted by molar-refractivity contribution is 5.95. The number of carbonyl (C=O) groups excluding carboxylic acids is 1. The van der Waals surface area contributed by atoms with E-state index in [-0.39, 0.29) is 11.6 Å². The molecule has 0 atom stereocenters. The molecule has 5 aromatic rings. The summed E-state index contributed by atoms with van der Waals surface area (Å²) in [6, 6.07) is 24.5. The van der Waals surface area contributed by atoms with Crippen LogP contribution < -0.4 is 5.69 Å². The van der Waals surface area contributed by atoms with Gasteiger partial charge in [0.1, 0.15) is 6.33 Å². The number of nitrogens with zero attached hydrogens (tertiary/aromatic N) is 6. The van der Waals surface area contributed by atoms with Crippen LogP contribution in [0.15, 0.2) is 96.2 Å². The molecule has 5 rings (SSSR count). The molecule has 36 heavy (non-hydrogen) atoms. The minimum absolute atomic E-state index is 0.322. The predicted octanol–water partition coefficient (Wildman–Crippen LogP) is 3.60. The minimum Gasteiger partial charge on any atom is -0.292 e. The zero-order valence-electron chi connectivity index (χ0n) is 19.4. The number of hydrogen-bond acceptors (Lipinski definition) is 5. The van der Waals surface area contributed by atoms with E-state index >= 15 is 0 Å². The van der Waals surface area contributed by atoms with E-state index in [1.807, 2.05) is 54.6 Å². The molecular formula is C28H22N6O2. The van der Waals surface area contributed by atoms with Crippen LogP contribution in [0.2, 0.25) is 0 Å². The molecular weight excluding hydrogens is 452 g/mol. The maximum Gasteiger partial charge on any atom is 0.335 e. The second-order valence-electron chi connectivity index (χ2n) is 8.20. The van der Waals surface area contributed by atoms with Crippen LogP contribution in [0.5, 0.6) is 0 Å². The van der Waals surface area contributed by atoms with E-state index in [1.54, 1.807) is 46.0 Å². The smallest absolute Gasteiger partial charge is 0.292 e. The number of para-hydroxylation sites is 1. The normalized spacial score (nSPS) is 10.8. The molecule has 2 aromatic heterocycles. The van der Waals surface area contributed by atoms with Crippen molar-refractivity contribution in [2.45, 2.75) is 19.4 Å². The molecule has 176 valence electrons. The maximum absolute atomic E-state index is 13.3. The molecule has 0 aliphatic rings. The molecule has 0 amide bonds. The van der Waals surface area contributed by atoms with Crippen LogP contribution in [0, 0.1) is 12.3 Å². The van der Waals surface area contributed by atoms with Gasteiger partial charge in [0, 0.05) is 35.9 Å². The molecule has 0 aliphatic carbocycles. The van der Waals surface area contributed by atoms with Crippen molar-refractivity contribution >= 4 is 5.91 Å². The van der Waals surface area contributed by atoms with Crippen molar-refractivity contribution in [1.82, 2.24) is 29.3 Å². The predicted molar refractivity (Wildman–Crippen MR) is 136 cm³/mol. The number of rotatable bonds is 7. The Hall–Kier alpha value is -5.03. The number of aryl methyl sites for hydroxylation is 1. The van der Waals surface area contributed by atoms with E-state index in [9.17, 15) is 9.59 Å². The molecule has 0 radical (unpaired) electrons. The molecule has 3 aromatic carbocycles. The van der Waals surface area contributed by atoms with Gasteiger partial charge in [-0.05, 0) is 39.8 Å². The van der Waals surface area contributed by atoms with Gasteiger partial charge in [-0.1, -0.05) is 60.7 Å². The van der Waals surface area contributed by atoms with Gasteiger partial charge < -0.3 is 0 Å². The standard InChI is InChI=1S/C28H22N6O2/c1-2-3-11-24-19-33(27(35)23-9-5-4-6-10-23)28(36)32(24)18-21-14-16-22(17-15-21)25-12-7-8-13-26(25)34-20-29-30-31-34/h1,4-10,12-17,19-20H,3,11,18H2. The van der Waals surface area contributed by atoms with Gasteiger partial charge in [-0.3, -0.25) is 9.36 Å². The zero-order chi connectivity index (χ0) is 24.9. The topological polar surface area (TPSA) is 87.6 Å². The summed E-state index contributed by atoms with van der Waals surface area (Å²) in [5.74, 6) is 2.25. The third kappa shape index (κ3) is 4.50. The molecule has 0 fully saturated rings. The lowest BCUT2D eigenvalue weighted by Gasteiger charge is -2.10. The molecule has 0 spiro atoms. The Morgan fingerprint density at radius 1 is 0.944 bits per heavy atom. The monoisotopic (exact) mass is 474 g/mol. The number of aromatic nitrogens is 6. The first kappa shape index (κ1) is 22.7. The number of carbonyl (C=O) groups is 1. The summed E-state index contributed by atoms with van der Waals surface area (Å²) in [6.07, 6.45) is 9.59. The van der Waals surface area contributed by atoms with Crippen molar-refractivity contribution < 1.29 is 4.79 Å². The lowest BCUT2D eigenvalue weighted by atomic mass is 10.0. The fourth-order valence-corrected chi connectivity index (χ4v) is 4.12. The molecule has 8 nitrogen and oxygen atoms in total. The lowest BCUT2D eigenvalue weighted by Crippen LogP contribution is -2.30. The summed E-state index contributed by atoms with van der Waals surface area (Å²) in [5.41, 5.74) is 4.53. The Kier molecular flexibility index (Phi) is 6.36. The quantitative estimate of drug-likeness (QED) is 0.337. The van der Waals surface area contributed by atoms with Crippen molar-refractivity contribution in [3.63, 3.8) is 0 Å². The molecule has 0 bridgehead atoms. The summed E-state index contributed by atoms with van der Waals surface area (Å²) in [5, 5.41) is 11.5. The average Bonchev–Trinajstić information content (AvgIpc) is 3.57. The Balaban J connectivity index is 1.46. The Labute approximate surface area is 207 Å². The minimum atomic E-state index is -0.385. The van der Waals surface area contributed by atoms with E-state index in [1.165, 1.54) is 0 Å². The van der Waals surface area contributed by atoms with Crippen LogP contribution in [0.3, 0.4) is 0 Å². The molecule has 0 N–H and O–H groups in total. The average molecular weight is 475 g/mol. The SMILES string of the molecule is C#CCCc1cn(C(=O)c2ccccc2)c(=O)n1Cc1ccc(-c2ccccc2-n2cnnn2)cc1. The van der Waals surface area contributed by atoms with Gasteiger partial charge in [-0.15, -0.1) is 17.4 Å². The molecule has 0 unspecified atom stereocenters. The van der Waals surface area contributed by atoms with Gasteiger partial charge in [-0.2, -0.15) is 4.68 Å². The largest absolute Gasteiger partial charge is 0.335 e. The highest BCUT2D eigenvalue weighted by atomic mass is 16.2. The fraction of sp³-hybridized carbons (Fsp3) is 0.107. The first-order valence-electron chi connectivity index (χ1n) is 11.4. The van der Waals surface area contributed by atoms with Crippen LogP contribution in [0.4, 0.5) is 0 Å². The van der Waals surface area contributed by atoms with Gasteiger partial charge >= 0.3 is 5.69 Å². The highest BCUT2D eigenvalue weighted by Crippen LogP contribution is 2.26. The first-order chi connectivity index (χ1) is 17.7. The zero-order valence-corrected chi connectivity index (χ0v) is 19.4. The first-order valence-corrected chi connectivity index (χ1v) is 11.4. The van der Waals surface area contributed by atoms with E-state index in [2.05, 4.69) is 21.4 Å². The van der Waals surface area contributed by atoms with Crippen molar-refractivity contribution in [3.8, 4) is 29.2 Å². The Morgan fingerprint density at radius 3 is 2.42 bits per heavy atom. The summed E-state index contributed by atoms with van der Waals surface area (Å²) in [7, 11) is 0. The van der Waals surface area contributed by atoms with Crippen molar-refractivity contribution in [2.24, 2.45) is 0 Å². The number of imidazole rings is 1. The van der Waals surface area contributed by atoms with Gasteiger partial charge in [0.05, 0.1) is 12.2 Å². The molecule has 0 saturated carbocycles. The Bertz CT molecular complexity index is 1590. The van der Waals surface area contributed by atoms with Crippen molar-refractivity contribution in [2.75, 3.05) is 0 Å². The summed E-state index contributed by atoms with van der Waals surface area (Å²) in [4.78, 5) is 26.3. The number of hydrogen-bond donors (Lipinski definition) is 0. The maximum atomic E-state index is 13.3. The van der Waals surface area contributed by atoms with Crippen LogP contribution in [0.25, 0.3) is 16.8 Å². The van der Waals surface area contributed by atoms with Gasteiger partial charge in [0.15, 0.2) is 0 Å². The molecule has 8 heteroatoms. The lowest BCUT2D eigenvalue weighted by molar-refractivity contribution is 0.0955. The second kappa shape index (κ2) is 10.1. The molecule has 2 heterocycles. The second-order valence-corrected chi connectivity index (χ2v) is 8.20. The van der Waals surface area contributed by atoms with E-state index in [0.29, 0.717) is 24.9 Å². The highest BCUT2D eigenvalue weighted by Gasteiger charge is 2.18. The number of tetrazole rings is 1. The third-order valence-electron chi connectivity index (χ3n) is 5.93. The van der Waals surface area contributed by atoms with Crippen molar-refractivity contribution in [1.29, 1.82) is 0 Å². The van der Waals surface area contributed by atoms with E-state index < -0.39 is 0 Å². The van der Waals surface area contributed by atoms with Gasteiger partial charge in [0.25, 0.3) is 5.91 Å². The van der Waals surface area contributed by atoms with Crippen LogP contribution in [-0.4, -0.2) is 35.2 Å². The molecule has 0 saturated heterocycles. The summed E-state index contributed by atoms with van der Waals surface area (Å²) in [6.45, 7) is 0.322. The van der Waals surface area contributed by atoms with Crippen LogP contribution >= 0.6 is 0 Å². The van der Waals surface area contributed by atoms with Gasteiger partial charge in [-0.25, -0.2) is 9.36 Å².